The van der Waals surface area contributed by atoms with Crippen molar-refractivity contribution in [3.8, 4) is 0 Å². The highest BCUT2D eigenvalue weighted by molar-refractivity contribution is 7.90. The van der Waals surface area contributed by atoms with Crippen LogP contribution < -0.4 is 5.32 Å². The average molecular weight is 307 g/mol. The van der Waals surface area contributed by atoms with Gasteiger partial charge in [0.25, 0.3) is 5.91 Å². The molecule has 114 valence electrons. The molecule has 0 heterocycles. The van der Waals surface area contributed by atoms with Gasteiger partial charge in [-0.25, -0.2) is 8.42 Å². The molecule has 0 saturated carbocycles. The molecule has 1 aliphatic rings. The second kappa shape index (κ2) is 6.43. The van der Waals surface area contributed by atoms with Crippen LogP contribution in [0.25, 0.3) is 0 Å². The summed E-state index contributed by atoms with van der Waals surface area (Å²) in [4.78, 5) is 12.5. The van der Waals surface area contributed by atoms with Gasteiger partial charge in [-0.2, -0.15) is 0 Å². The Kier molecular flexibility index (Phi) is 4.83. The van der Waals surface area contributed by atoms with Crippen molar-refractivity contribution < 1.29 is 13.2 Å². The molecule has 1 aliphatic carbocycles. The quantitative estimate of drug-likeness (QED) is 0.869. The van der Waals surface area contributed by atoms with Gasteiger partial charge in [0.1, 0.15) is 0 Å². The first-order chi connectivity index (χ1) is 9.91. The molecule has 1 aromatic rings. The number of aryl methyl sites for hydroxylation is 1. The lowest BCUT2D eigenvalue weighted by molar-refractivity contribution is 0.0941. The highest BCUT2D eigenvalue weighted by atomic mass is 32.2. The van der Waals surface area contributed by atoms with Gasteiger partial charge >= 0.3 is 0 Å². The van der Waals surface area contributed by atoms with Crippen LogP contribution in [-0.2, 0) is 16.3 Å². The number of hydrogen-bond donors (Lipinski definition) is 1. The second-order valence-electron chi connectivity index (χ2n) is 5.39. The Morgan fingerprint density at radius 1 is 1.38 bits per heavy atom. The van der Waals surface area contributed by atoms with E-state index in [1.54, 1.807) is 12.1 Å². The van der Waals surface area contributed by atoms with Crippen molar-refractivity contribution in [3.63, 3.8) is 0 Å². The molecule has 0 saturated heterocycles. The van der Waals surface area contributed by atoms with Gasteiger partial charge < -0.3 is 5.32 Å². The minimum absolute atomic E-state index is 0.0405. The average Bonchev–Trinajstić information content (AvgIpc) is 2.46. The number of allylic oxidation sites excluding steroid dienone is 1. The summed E-state index contributed by atoms with van der Waals surface area (Å²) < 4.78 is 23.7. The van der Waals surface area contributed by atoms with Crippen molar-refractivity contribution >= 4 is 15.7 Å². The molecule has 2 rings (SSSR count). The molecule has 1 aromatic carbocycles. The van der Waals surface area contributed by atoms with Crippen molar-refractivity contribution in [1.29, 1.82) is 0 Å². The summed E-state index contributed by atoms with van der Waals surface area (Å²) in [6, 6.07) is 4.94. The maximum Gasteiger partial charge on any atom is 0.251 e. The fraction of sp³-hybridized carbons (Fsp3) is 0.438. The van der Waals surface area contributed by atoms with Crippen LogP contribution in [0.1, 0.15) is 42.1 Å². The number of nitrogens with one attached hydrogen (secondary N) is 1. The molecule has 0 aromatic heterocycles. The van der Waals surface area contributed by atoms with Gasteiger partial charge in [-0.3, -0.25) is 4.79 Å². The van der Waals surface area contributed by atoms with Crippen LogP contribution in [-0.4, -0.2) is 26.6 Å². The van der Waals surface area contributed by atoms with Crippen molar-refractivity contribution in [3.05, 3.63) is 41.5 Å². The minimum atomic E-state index is -3.33. The van der Waals surface area contributed by atoms with E-state index in [4.69, 9.17) is 0 Å². The van der Waals surface area contributed by atoms with Crippen LogP contribution in [0, 0.1) is 0 Å². The van der Waals surface area contributed by atoms with Gasteiger partial charge in [0.05, 0.1) is 4.90 Å². The van der Waals surface area contributed by atoms with Crippen molar-refractivity contribution in [2.45, 2.75) is 43.5 Å². The topological polar surface area (TPSA) is 63.2 Å². The molecule has 1 N–H and O–H groups in total. The number of amides is 1. The highest BCUT2D eigenvalue weighted by Crippen LogP contribution is 2.19. The molecule has 0 fully saturated rings. The summed E-state index contributed by atoms with van der Waals surface area (Å²) in [5.41, 5.74) is 1.14. The smallest absolute Gasteiger partial charge is 0.251 e. The third kappa shape index (κ3) is 3.94. The molecule has 0 bridgehead atoms. The molecule has 5 heteroatoms. The number of carbonyl (C=O) groups excluding carboxylic acids is 1. The van der Waals surface area contributed by atoms with Crippen molar-refractivity contribution in [2.75, 3.05) is 6.26 Å². The summed E-state index contributed by atoms with van der Waals surface area (Å²) in [7, 11) is -3.33. The maximum atomic E-state index is 12.3. The summed E-state index contributed by atoms with van der Waals surface area (Å²) >= 11 is 0. The molecule has 0 spiro atoms. The maximum absolute atomic E-state index is 12.3. The van der Waals surface area contributed by atoms with Crippen LogP contribution in [0.2, 0.25) is 0 Å². The Balaban J connectivity index is 2.25. The summed E-state index contributed by atoms with van der Waals surface area (Å²) in [6.07, 6.45) is 8.90. The number of benzene rings is 1. The van der Waals surface area contributed by atoms with Gasteiger partial charge in [-0.05, 0) is 43.4 Å². The molecule has 0 radical (unpaired) electrons. The molecular weight excluding hydrogens is 286 g/mol. The fourth-order valence-corrected chi connectivity index (χ4v) is 3.55. The van der Waals surface area contributed by atoms with Crippen LogP contribution in [0.15, 0.2) is 35.2 Å². The summed E-state index contributed by atoms with van der Waals surface area (Å²) in [5.74, 6) is -0.223. The molecule has 4 nitrogen and oxygen atoms in total. The lowest BCUT2D eigenvalue weighted by atomic mass is 10.0. The number of carbonyl (C=O) groups is 1. The van der Waals surface area contributed by atoms with E-state index < -0.39 is 9.84 Å². The molecular formula is C16H21NO3S. The Bertz CT molecular complexity index is 662. The number of hydrogen-bond acceptors (Lipinski definition) is 3. The number of rotatable bonds is 4. The van der Waals surface area contributed by atoms with Gasteiger partial charge in [0, 0.05) is 17.9 Å². The normalized spacial score (nSPS) is 18.5. The first kappa shape index (κ1) is 15.8. The highest BCUT2D eigenvalue weighted by Gasteiger charge is 2.18. The van der Waals surface area contributed by atoms with Gasteiger partial charge in [-0.1, -0.05) is 25.1 Å². The zero-order valence-electron chi connectivity index (χ0n) is 12.4. The third-order valence-corrected chi connectivity index (χ3v) is 4.86. The Morgan fingerprint density at radius 2 is 2.14 bits per heavy atom. The first-order valence-corrected chi connectivity index (χ1v) is 9.11. The van der Waals surface area contributed by atoms with Gasteiger partial charge in [-0.15, -0.1) is 0 Å². The van der Waals surface area contributed by atoms with Crippen LogP contribution >= 0.6 is 0 Å². The van der Waals surface area contributed by atoms with Crippen molar-refractivity contribution in [1.82, 2.24) is 5.32 Å². The van der Waals surface area contributed by atoms with E-state index in [0.29, 0.717) is 12.0 Å². The fourth-order valence-electron chi connectivity index (χ4n) is 2.52. The van der Waals surface area contributed by atoms with E-state index in [1.807, 2.05) is 13.0 Å². The Hall–Kier alpha value is -1.62. The predicted molar refractivity (Wildman–Crippen MR) is 83.2 cm³/mol. The predicted octanol–water partition coefficient (Wildman–Crippen LogP) is 2.49. The minimum Gasteiger partial charge on any atom is -0.346 e. The largest absolute Gasteiger partial charge is 0.346 e. The molecule has 21 heavy (non-hydrogen) atoms. The first-order valence-electron chi connectivity index (χ1n) is 7.22. The molecule has 1 amide bonds. The molecule has 1 atom stereocenters. The van der Waals surface area contributed by atoms with Crippen LogP contribution in [0.3, 0.4) is 0 Å². The van der Waals surface area contributed by atoms with E-state index in [1.165, 1.54) is 12.3 Å². The monoisotopic (exact) mass is 307 g/mol. The standard InChI is InChI=1S/C16H21NO3S/c1-3-12-9-10-13(11-15(12)21(2,19)20)16(18)17-14-7-5-4-6-8-14/h5,7,9-11,14H,3-4,6,8H2,1-2H3,(H,17,18). The SMILES string of the molecule is CCc1ccc(C(=O)NC2C=CCCC2)cc1S(C)(=O)=O. The summed E-state index contributed by atoms with van der Waals surface area (Å²) in [6.45, 7) is 1.90. The van der Waals surface area contributed by atoms with Crippen LogP contribution in [0.5, 0.6) is 0 Å². The van der Waals surface area contributed by atoms with E-state index in [2.05, 4.69) is 11.4 Å². The van der Waals surface area contributed by atoms with E-state index in [9.17, 15) is 13.2 Å². The lowest BCUT2D eigenvalue weighted by Crippen LogP contribution is -2.34. The van der Waals surface area contributed by atoms with Crippen LogP contribution in [0.4, 0.5) is 0 Å². The number of sulfone groups is 1. The van der Waals surface area contributed by atoms with Gasteiger partial charge in [0.15, 0.2) is 9.84 Å². The molecule has 0 aliphatic heterocycles. The Morgan fingerprint density at radius 3 is 2.71 bits per heavy atom. The zero-order chi connectivity index (χ0) is 15.5. The Labute approximate surface area is 126 Å². The second-order valence-corrected chi connectivity index (χ2v) is 7.37. The van der Waals surface area contributed by atoms with E-state index >= 15 is 0 Å². The van der Waals surface area contributed by atoms with E-state index in [0.717, 1.165) is 24.8 Å². The summed E-state index contributed by atoms with van der Waals surface area (Å²) in [5, 5.41) is 2.93. The van der Waals surface area contributed by atoms with Gasteiger partial charge in [0.2, 0.25) is 0 Å². The van der Waals surface area contributed by atoms with E-state index in [-0.39, 0.29) is 16.8 Å². The molecule has 1 unspecified atom stereocenters. The van der Waals surface area contributed by atoms with Crippen molar-refractivity contribution in [2.24, 2.45) is 0 Å². The zero-order valence-corrected chi connectivity index (χ0v) is 13.2. The lowest BCUT2D eigenvalue weighted by Gasteiger charge is -2.18. The third-order valence-electron chi connectivity index (χ3n) is 3.68.